The van der Waals surface area contributed by atoms with Gasteiger partial charge in [-0.05, 0) is 29.7 Å². The molecule has 10 nitrogen and oxygen atoms in total. The number of hydrogen-bond donors (Lipinski definition) is 3. The van der Waals surface area contributed by atoms with Crippen molar-refractivity contribution in [2.75, 3.05) is 42.1 Å². The molecular weight excluding hydrogens is 554 g/mol. The van der Waals surface area contributed by atoms with Crippen molar-refractivity contribution in [2.45, 2.75) is 42.4 Å². The number of ether oxygens (including phenoxy) is 6. The van der Waals surface area contributed by atoms with Crippen molar-refractivity contribution in [3.63, 3.8) is 0 Å². The summed E-state index contributed by atoms with van der Waals surface area (Å²) in [5, 5.41) is 28.2. The number of fused-ring (bicyclic) bond motifs is 4. The maximum Gasteiger partial charge on any atom is 0.227 e. The lowest BCUT2D eigenvalue weighted by Crippen LogP contribution is -2.55. The predicted molar refractivity (Wildman–Crippen MR) is 157 cm³/mol. The van der Waals surface area contributed by atoms with E-state index in [9.17, 15) is 15.0 Å². The Morgan fingerprint density at radius 1 is 0.930 bits per heavy atom. The van der Waals surface area contributed by atoms with E-state index in [0.717, 1.165) is 0 Å². The van der Waals surface area contributed by atoms with Gasteiger partial charge in [-0.2, -0.15) is 0 Å². The monoisotopic (exact) mass is 593 g/mol. The van der Waals surface area contributed by atoms with Gasteiger partial charge in [0.2, 0.25) is 5.91 Å². The lowest BCUT2D eigenvalue weighted by molar-refractivity contribution is -0.162. The first-order valence-electron chi connectivity index (χ1n) is 14.2. The second-order valence-corrected chi connectivity index (χ2v) is 10.8. The van der Waals surface area contributed by atoms with Gasteiger partial charge in [0, 0.05) is 45.2 Å². The molecule has 1 amide bonds. The van der Waals surface area contributed by atoms with Gasteiger partial charge in [0.25, 0.3) is 0 Å². The molecule has 5 rings (SSSR count). The molecule has 1 aliphatic heterocycles. The van der Waals surface area contributed by atoms with Gasteiger partial charge in [0.05, 0.1) is 32.8 Å². The Bertz CT molecular complexity index is 1410. The van der Waals surface area contributed by atoms with Crippen LogP contribution in [-0.2, 0) is 25.5 Å². The van der Waals surface area contributed by atoms with Crippen LogP contribution in [0, 0.1) is 5.92 Å². The average molecular weight is 594 g/mol. The first-order valence-corrected chi connectivity index (χ1v) is 14.2. The van der Waals surface area contributed by atoms with Crippen molar-refractivity contribution in [3.8, 4) is 23.0 Å². The number of nitrogens with one attached hydrogen (secondary N) is 1. The molecule has 43 heavy (non-hydrogen) atoms. The summed E-state index contributed by atoms with van der Waals surface area (Å²) in [7, 11) is 7.66. The van der Waals surface area contributed by atoms with E-state index in [0.29, 0.717) is 42.0 Å². The zero-order chi connectivity index (χ0) is 30.8. The fourth-order valence-electron chi connectivity index (χ4n) is 6.70. The van der Waals surface area contributed by atoms with E-state index in [1.807, 2.05) is 30.3 Å². The van der Waals surface area contributed by atoms with E-state index >= 15 is 0 Å². The Labute approximate surface area is 251 Å². The van der Waals surface area contributed by atoms with Crippen molar-refractivity contribution in [1.29, 1.82) is 0 Å². The number of methoxy groups -OCH3 is 5. The van der Waals surface area contributed by atoms with Crippen molar-refractivity contribution in [1.82, 2.24) is 5.32 Å². The average Bonchev–Trinajstić information content (AvgIpc) is 3.17. The van der Waals surface area contributed by atoms with Gasteiger partial charge in [-0.25, -0.2) is 0 Å². The van der Waals surface area contributed by atoms with Gasteiger partial charge in [-0.3, -0.25) is 4.79 Å². The molecular formula is C33H39NO9. The van der Waals surface area contributed by atoms with Crippen molar-refractivity contribution < 1.29 is 43.4 Å². The fourth-order valence-corrected chi connectivity index (χ4v) is 6.70. The largest absolute Gasteiger partial charge is 0.497 e. The molecule has 2 bridgehead atoms. The van der Waals surface area contributed by atoms with Gasteiger partial charge < -0.3 is 44.0 Å². The Morgan fingerprint density at radius 3 is 2.21 bits per heavy atom. The minimum absolute atomic E-state index is 0.185. The first kappa shape index (κ1) is 30.6. The van der Waals surface area contributed by atoms with Crippen LogP contribution in [0.2, 0.25) is 0 Å². The van der Waals surface area contributed by atoms with Crippen LogP contribution in [0.15, 0.2) is 66.7 Å². The van der Waals surface area contributed by atoms with Crippen molar-refractivity contribution >= 4 is 5.91 Å². The number of hydrogen-bond acceptors (Lipinski definition) is 9. The van der Waals surface area contributed by atoms with Gasteiger partial charge in [0.15, 0.2) is 11.9 Å². The molecule has 0 saturated heterocycles. The summed E-state index contributed by atoms with van der Waals surface area (Å²) >= 11 is 0. The normalized spacial score (nSPS) is 25.5. The first-order chi connectivity index (χ1) is 20.8. The molecule has 0 unspecified atom stereocenters. The van der Waals surface area contributed by atoms with E-state index in [-0.39, 0.29) is 17.1 Å². The van der Waals surface area contributed by atoms with Crippen LogP contribution in [0.4, 0.5) is 0 Å². The molecule has 0 radical (unpaired) electrons. The molecule has 1 heterocycles. The van der Waals surface area contributed by atoms with E-state index in [1.165, 1.54) is 14.2 Å². The molecule has 1 fully saturated rings. The lowest BCUT2D eigenvalue weighted by Gasteiger charge is -2.45. The Balaban J connectivity index is 1.71. The fraction of sp³-hybridized carbons (Fsp3) is 0.424. The molecule has 1 saturated carbocycles. The second-order valence-electron chi connectivity index (χ2n) is 10.8. The maximum atomic E-state index is 14.3. The van der Waals surface area contributed by atoms with Crippen LogP contribution in [0.3, 0.4) is 0 Å². The van der Waals surface area contributed by atoms with Crippen LogP contribution in [0.25, 0.3) is 0 Å². The summed E-state index contributed by atoms with van der Waals surface area (Å²) in [4.78, 5) is 14.3. The molecule has 5 atom stereocenters. The number of aliphatic hydroxyl groups excluding tert-OH is 1. The molecule has 3 aromatic rings. The highest BCUT2D eigenvalue weighted by Crippen LogP contribution is 2.68. The lowest BCUT2D eigenvalue weighted by atomic mass is 9.75. The Kier molecular flexibility index (Phi) is 8.84. The number of aliphatic hydroxyl groups is 2. The highest BCUT2D eigenvalue weighted by atomic mass is 16.7. The van der Waals surface area contributed by atoms with Crippen LogP contribution in [-0.4, -0.2) is 70.6 Å². The molecule has 1 aliphatic carbocycles. The molecule has 2 aliphatic rings. The zero-order valence-electron chi connectivity index (χ0n) is 25.0. The summed E-state index contributed by atoms with van der Waals surface area (Å²) in [6.07, 6.45) is -0.847. The highest BCUT2D eigenvalue weighted by molar-refractivity contribution is 5.84. The summed E-state index contributed by atoms with van der Waals surface area (Å²) in [6.45, 7) is 0.301. The summed E-state index contributed by atoms with van der Waals surface area (Å²) in [6, 6.07) is 19.7. The third-order valence-corrected chi connectivity index (χ3v) is 8.69. The summed E-state index contributed by atoms with van der Waals surface area (Å²) in [5.74, 6) is -0.923. The summed E-state index contributed by atoms with van der Waals surface area (Å²) in [5.41, 5.74) is -2.22. The molecule has 10 heteroatoms. The van der Waals surface area contributed by atoms with Gasteiger partial charge in [-0.15, -0.1) is 0 Å². The second kappa shape index (κ2) is 12.4. The Morgan fingerprint density at radius 2 is 1.60 bits per heavy atom. The summed E-state index contributed by atoms with van der Waals surface area (Å²) < 4.78 is 34.0. The van der Waals surface area contributed by atoms with Gasteiger partial charge in [0.1, 0.15) is 34.7 Å². The third-order valence-electron chi connectivity index (χ3n) is 8.69. The van der Waals surface area contributed by atoms with Crippen molar-refractivity contribution in [3.05, 3.63) is 83.4 Å². The van der Waals surface area contributed by atoms with E-state index in [1.54, 1.807) is 57.7 Å². The zero-order valence-corrected chi connectivity index (χ0v) is 25.0. The number of amides is 1. The van der Waals surface area contributed by atoms with E-state index in [4.69, 9.17) is 28.4 Å². The maximum absolute atomic E-state index is 14.3. The predicted octanol–water partition coefficient (Wildman–Crippen LogP) is 3.48. The van der Waals surface area contributed by atoms with Gasteiger partial charge in [-0.1, -0.05) is 42.5 Å². The quantitative estimate of drug-likeness (QED) is 0.214. The van der Waals surface area contributed by atoms with E-state index in [2.05, 4.69) is 5.32 Å². The van der Waals surface area contributed by atoms with E-state index < -0.39 is 41.3 Å². The molecule has 0 spiro atoms. The molecule has 230 valence electrons. The minimum Gasteiger partial charge on any atom is -0.497 e. The molecule has 0 aromatic heterocycles. The topological polar surface area (TPSA) is 125 Å². The van der Waals surface area contributed by atoms with Crippen molar-refractivity contribution in [2.24, 2.45) is 5.92 Å². The van der Waals surface area contributed by atoms with Crippen LogP contribution in [0.5, 0.6) is 23.0 Å². The number of carbonyl (C=O) groups is 1. The third kappa shape index (κ3) is 4.98. The van der Waals surface area contributed by atoms with Gasteiger partial charge >= 0.3 is 0 Å². The SMILES string of the molecule is COc1ccc([C@]23Oc4cc(OC)cc(OC)c4[C@](O)([C@H](C(=O)NCCCC(OC)OC)[C@H]2c2ccccc2)[C@H]3O)cc1. The molecule has 3 aromatic carbocycles. The molecule has 3 N–H and O–H groups in total. The van der Waals surface area contributed by atoms with Crippen LogP contribution >= 0.6 is 0 Å². The highest BCUT2D eigenvalue weighted by Gasteiger charge is 2.76. The standard InChI is InChI=1S/C33H39NO9/c1-38-22-15-13-21(14-16-22)33-27(20-10-7-6-8-11-20)29(30(35)34-17-9-12-26(41-4)42-5)32(37,31(33)36)28-24(40-3)18-23(39-2)19-25(28)43-33/h6-8,10-11,13-16,18-19,26-27,29,31,36-37H,9,12,17H2,1-5H3,(H,34,35)/t27-,29+,31-,32+,33+/m1/s1. The number of benzene rings is 3. The van der Waals surface area contributed by atoms with Crippen LogP contribution in [0.1, 0.15) is 35.4 Å². The Hall–Kier alpha value is -3.83. The number of rotatable bonds is 12. The number of carbonyl (C=O) groups excluding carboxylic acids is 1. The smallest absolute Gasteiger partial charge is 0.227 e. The minimum atomic E-state index is -2.11. The van der Waals surface area contributed by atoms with Crippen LogP contribution < -0.4 is 24.3 Å².